The Labute approximate surface area is 88.0 Å². The standard InChI is InChI=1S/C10H18F3NO/c1-7-5-8(6-15-7)9(14)3-2-4-10(11,12)13/h7-9H,2-6,14H2,1H3. The van der Waals surface area contributed by atoms with Gasteiger partial charge in [-0.3, -0.25) is 0 Å². The van der Waals surface area contributed by atoms with Gasteiger partial charge in [0.1, 0.15) is 0 Å². The minimum Gasteiger partial charge on any atom is -0.378 e. The summed E-state index contributed by atoms with van der Waals surface area (Å²) in [7, 11) is 0. The van der Waals surface area contributed by atoms with Crippen LogP contribution >= 0.6 is 0 Å². The lowest BCUT2D eigenvalue weighted by Crippen LogP contribution is -2.30. The van der Waals surface area contributed by atoms with Crippen LogP contribution in [0.2, 0.25) is 0 Å². The van der Waals surface area contributed by atoms with E-state index in [9.17, 15) is 13.2 Å². The van der Waals surface area contributed by atoms with Gasteiger partial charge in [-0.25, -0.2) is 0 Å². The van der Waals surface area contributed by atoms with E-state index in [1.165, 1.54) is 0 Å². The molecule has 2 N–H and O–H groups in total. The van der Waals surface area contributed by atoms with E-state index in [-0.39, 0.29) is 24.5 Å². The molecule has 1 saturated heterocycles. The monoisotopic (exact) mass is 225 g/mol. The number of alkyl halides is 3. The fourth-order valence-electron chi connectivity index (χ4n) is 1.92. The molecule has 1 aliphatic heterocycles. The van der Waals surface area contributed by atoms with Gasteiger partial charge in [0.25, 0.3) is 0 Å². The first-order valence-corrected chi connectivity index (χ1v) is 5.32. The maximum Gasteiger partial charge on any atom is 0.389 e. The molecule has 2 nitrogen and oxygen atoms in total. The van der Waals surface area contributed by atoms with Crippen LogP contribution in [0.5, 0.6) is 0 Å². The molecule has 90 valence electrons. The zero-order valence-corrected chi connectivity index (χ0v) is 8.89. The van der Waals surface area contributed by atoms with E-state index in [2.05, 4.69) is 0 Å². The third kappa shape index (κ3) is 4.84. The minimum atomic E-state index is -4.06. The van der Waals surface area contributed by atoms with Crippen molar-refractivity contribution in [2.75, 3.05) is 6.61 Å². The molecule has 0 aliphatic carbocycles. The van der Waals surface area contributed by atoms with E-state index in [0.29, 0.717) is 13.0 Å². The summed E-state index contributed by atoms with van der Waals surface area (Å²) in [4.78, 5) is 0. The van der Waals surface area contributed by atoms with Crippen molar-refractivity contribution in [3.8, 4) is 0 Å². The number of hydrogen-bond donors (Lipinski definition) is 1. The first-order valence-electron chi connectivity index (χ1n) is 5.32. The molecule has 3 atom stereocenters. The fraction of sp³-hybridized carbons (Fsp3) is 1.00. The maximum atomic E-state index is 11.9. The maximum absolute atomic E-state index is 11.9. The molecule has 0 amide bonds. The fourth-order valence-corrected chi connectivity index (χ4v) is 1.92. The molecule has 1 fully saturated rings. The third-order valence-electron chi connectivity index (χ3n) is 2.83. The molecule has 1 rings (SSSR count). The Morgan fingerprint density at radius 3 is 2.60 bits per heavy atom. The Morgan fingerprint density at radius 1 is 1.47 bits per heavy atom. The molecule has 3 unspecified atom stereocenters. The summed E-state index contributed by atoms with van der Waals surface area (Å²) in [5.41, 5.74) is 5.82. The molecule has 0 saturated carbocycles. The van der Waals surface area contributed by atoms with Gasteiger partial charge in [0, 0.05) is 12.5 Å². The van der Waals surface area contributed by atoms with Gasteiger partial charge in [-0.2, -0.15) is 13.2 Å². The molecular weight excluding hydrogens is 207 g/mol. The summed E-state index contributed by atoms with van der Waals surface area (Å²) in [6, 6.07) is -0.155. The van der Waals surface area contributed by atoms with E-state index in [1.54, 1.807) is 0 Å². The largest absolute Gasteiger partial charge is 0.389 e. The van der Waals surface area contributed by atoms with E-state index < -0.39 is 12.6 Å². The molecule has 5 heteroatoms. The predicted octanol–water partition coefficient (Wildman–Crippen LogP) is 2.47. The van der Waals surface area contributed by atoms with Crippen molar-refractivity contribution in [2.45, 2.75) is 50.9 Å². The molecule has 0 aromatic rings. The lowest BCUT2D eigenvalue weighted by Gasteiger charge is -2.17. The average molecular weight is 225 g/mol. The SMILES string of the molecule is CC1CC(C(N)CCCC(F)(F)F)CO1. The summed E-state index contributed by atoms with van der Waals surface area (Å²) >= 11 is 0. The second-order valence-electron chi connectivity index (χ2n) is 4.31. The van der Waals surface area contributed by atoms with Gasteiger partial charge >= 0.3 is 6.18 Å². The van der Waals surface area contributed by atoms with Crippen LogP contribution in [-0.2, 0) is 4.74 Å². The molecular formula is C10H18F3NO. The Morgan fingerprint density at radius 2 is 2.13 bits per heavy atom. The van der Waals surface area contributed by atoms with Gasteiger partial charge in [-0.05, 0) is 32.1 Å². The van der Waals surface area contributed by atoms with Crippen molar-refractivity contribution in [1.82, 2.24) is 0 Å². The lowest BCUT2D eigenvalue weighted by molar-refractivity contribution is -0.135. The van der Waals surface area contributed by atoms with Crippen LogP contribution in [0, 0.1) is 5.92 Å². The zero-order chi connectivity index (χ0) is 11.5. The predicted molar refractivity (Wildman–Crippen MR) is 51.4 cm³/mol. The normalized spacial score (nSPS) is 29.4. The first kappa shape index (κ1) is 12.8. The van der Waals surface area contributed by atoms with E-state index in [4.69, 9.17) is 10.5 Å². The average Bonchev–Trinajstić information content (AvgIpc) is 2.49. The Hall–Kier alpha value is -0.290. The van der Waals surface area contributed by atoms with Crippen molar-refractivity contribution in [3.05, 3.63) is 0 Å². The van der Waals surface area contributed by atoms with Gasteiger partial charge in [0.2, 0.25) is 0 Å². The number of nitrogens with two attached hydrogens (primary N) is 1. The van der Waals surface area contributed by atoms with Crippen LogP contribution in [0.3, 0.4) is 0 Å². The first-order chi connectivity index (χ1) is 6.88. The van der Waals surface area contributed by atoms with Crippen molar-refractivity contribution >= 4 is 0 Å². The molecule has 0 radical (unpaired) electrons. The molecule has 0 aromatic carbocycles. The molecule has 0 spiro atoms. The second-order valence-corrected chi connectivity index (χ2v) is 4.31. The van der Waals surface area contributed by atoms with E-state index in [0.717, 1.165) is 6.42 Å². The van der Waals surface area contributed by atoms with Crippen molar-refractivity contribution in [1.29, 1.82) is 0 Å². The summed E-state index contributed by atoms with van der Waals surface area (Å²) in [5, 5.41) is 0. The van der Waals surface area contributed by atoms with Gasteiger partial charge < -0.3 is 10.5 Å². The van der Waals surface area contributed by atoms with Crippen LogP contribution < -0.4 is 5.73 Å². The van der Waals surface area contributed by atoms with Gasteiger partial charge in [0.15, 0.2) is 0 Å². The summed E-state index contributed by atoms with van der Waals surface area (Å²) in [6.07, 6.45) is -3.17. The zero-order valence-electron chi connectivity index (χ0n) is 8.89. The van der Waals surface area contributed by atoms with E-state index in [1.807, 2.05) is 6.92 Å². The van der Waals surface area contributed by atoms with Crippen LogP contribution in [0.15, 0.2) is 0 Å². The van der Waals surface area contributed by atoms with Crippen LogP contribution in [0.4, 0.5) is 13.2 Å². The summed E-state index contributed by atoms with van der Waals surface area (Å²) < 4.78 is 41.0. The Balaban J connectivity index is 2.16. The molecule has 1 aliphatic rings. The van der Waals surface area contributed by atoms with Crippen molar-refractivity contribution < 1.29 is 17.9 Å². The highest BCUT2D eigenvalue weighted by Crippen LogP contribution is 2.26. The Kier molecular flexibility index (Phi) is 4.40. The molecule has 0 bridgehead atoms. The van der Waals surface area contributed by atoms with Crippen LogP contribution in [0.25, 0.3) is 0 Å². The molecule has 0 aromatic heterocycles. The van der Waals surface area contributed by atoms with Crippen molar-refractivity contribution in [3.63, 3.8) is 0 Å². The quantitative estimate of drug-likeness (QED) is 0.797. The minimum absolute atomic E-state index is 0.121. The molecule has 15 heavy (non-hydrogen) atoms. The highest BCUT2D eigenvalue weighted by Gasteiger charge is 2.30. The lowest BCUT2D eigenvalue weighted by atomic mass is 9.93. The highest BCUT2D eigenvalue weighted by atomic mass is 19.4. The van der Waals surface area contributed by atoms with Crippen LogP contribution in [-0.4, -0.2) is 24.9 Å². The van der Waals surface area contributed by atoms with E-state index >= 15 is 0 Å². The van der Waals surface area contributed by atoms with Crippen molar-refractivity contribution in [2.24, 2.45) is 11.7 Å². The summed E-state index contributed by atoms with van der Waals surface area (Å²) in [6.45, 7) is 2.55. The Bertz CT molecular complexity index is 196. The number of hydrogen-bond acceptors (Lipinski definition) is 2. The topological polar surface area (TPSA) is 35.2 Å². The van der Waals surface area contributed by atoms with Gasteiger partial charge in [-0.1, -0.05) is 0 Å². The van der Waals surface area contributed by atoms with Gasteiger partial charge in [-0.15, -0.1) is 0 Å². The highest BCUT2D eigenvalue weighted by molar-refractivity contribution is 4.79. The molecule has 1 heterocycles. The number of rotatable bonds is 4. The third-order valence-corrected chi connectivity index (χ3v) is 2.83. The number of ether oxygens (including phenoxy) is 1. The van der Waals surface area contributed by atoms with Crippen LogP contribution in [0.1, 0.15) is 32.6 Å². The summed E-state index contributed by atoms with van der Waals surface area (Å²) in [5.74, 6) is 0.230. The smallest absolute Gasteiger partial charge is 0.378 e. The number of halogens is 3. The second kappa shape index (κ2) is 5.16. The van der Waals surface area contributed by atoms with Gasteiger partial charge in [0.05, 0.1) is 12.7 Å².